The fourth-order valence-electron chi connectivity index (χ4n) is 14.6. The van der Waals surface area contributed by atoms with Crippen LogP contribution in [0.2, 0.25) is 0 Å². The van der Waals surface area contributed by atoms with Crippen LogP contribution in [0.5, 0.6) is 0 Å². The largest absolute Gasteiger partial charge is 0.383 e. The lowest BCUT2D eigenvalue weighted by Gasteiger charge is -2.32. The summed E-state index contributed by atoms with van der Waals surface area (Å²) in [4.78, 5) is 95.3. The highest BCUT2D eigenvalue weighted by Gasteiger charge is 2.32. The fraction of sp³-hybridized carbons (Fsp3) is 0.277. The molecule has 6 aromatic carbocycles. The van der Waals surface area contributed by atoms with Crippen LogP contribution in [0.1, 0.15) is 122 Å². The summed E-state index contributed by atoms with van der Waals surface area (Å²) < 4.78 is 33.2. The summed E-state index contributed by atoms with van der Waals surface area (Å²) in [5.74, 6) is -1.56. The van der Waals surface area contributed by atoms with Crippen LogP contribution in [0.15, 0.2) is 171 Å². The summed E-state index contributed by atoms with van der Waals surface area (Å²) in [7, 11) is 1.53. The van der Waals surface area contributed by atoms with Crippen molar-refractivity contribution in [1.29, 1.82) is 10.5 Å². The highest BCUT2D eigenvalue weighted by atomic mass is 19.1. The molecular formula is C83H83F2N23O5. The summed E-state index contributed by atoms with van der Waals surface area (Å²) in [6.45, 7) is 12.7. The number of nitrogen functional groups attached to an aromatic ring is 3. The van der Waals surface area contributed by atoms with Crippen LogP contribution in [0.4, 0.5) is 26.2 Å². The summed E-state index contributed by atoms with van der Waals surface area (Å²) in [5, 5.41) is 40.7. The number of rotatable bonds is 18. The molecule has 3 saturated heterocycles. The van der Waals surface area contributed by atoms with Gasteiger partial charge in [-0.15, -0.1) is 0 Å². The van der Waals surface area contributed by atoms with E-state index in [2.05, 4.69) is 58.1 Å². The summed E-state index contributed by atoms with van der Waals surface area (Å²) >= 11 is 0. The van der Waals surface area contributed by atoms with Gasteiger partial charge in [0.2, 0.25) is 11.8 Å². The molecule has 12 aromatic rings. The van der Waals surface area contributed by atoms with Gasteiger partial charge in [0.15, 0.2) is 16.9 Å². The molecule has 8 N–H and O–H groups in total. The number of carbonyl (C=O) groups excluding carboxylic acids is 5. The monoisotopic (exact) mass is 1520 g/mol. The molecule has 0 radical (unpaired) electrons. The van der Waals surface area contributed by atoms with E-state index < -0.39 is 17.5 Å². The Labute approximate surface area is 649 Å². The standard InChI is InChI=1S/C28H27F2N7O2.C28H28N8O2.C27H28N8O/c1-3-23(38)36-12-4-5-20(15-36)37-27-24(26(31)32-16-33-27)25(34-37)18-8-6-17(7-9-18)14-35(2)28(39)21-13-19(29)10-11-22(21)30;1-18-5-2-3-7-22(18)28(38)31-15-19-8-10-20(11-9-19)25-24-26(30)32-17-33-27(24)36(34-25)21-6-4-14-35(16-21)23(37)12-13-29;1-18-5-2-3-7-22(18)27(36)30-15-19-8-10-20(11-9-19)24-23-25(29)31-17-32-26(23)35(33-24)21-6-4-13-34(16-21)14-12-28/h3,6-11,13,16,20H,1,4-5,12,14-15H2,2H3,(H2,31,32,33);2-3,5,7-11,17,21H,4,6,12,14-16H2,1H3,(H,31,38)(H2,30,32,33);2-3,5,7-11,17,21H,4,6,13-16H2,1H3,(H,30,36)(H2,29,31,32). The Kier molecular flexibility index (Phi) is 23.9. The Balaban J connectivity index is 0.000000148. The molecule has 3 aliphatic heterocycles. The van der Waals surface area contributed by atoms with Crippen LogP contribution in [-0.2, 0) is 29.2 Å². The number of aromatic nitrogens is 12. The molecule has 0 aliphatic carbocycles. The lowest BCUT2D eigenvalue weighted by molar-refractivity contribution is -0.131. The molecule has 15 rings (SSSR count). The van der Waals surface area contributed by atoms with Crippen LogP contribution in [-0.4, -0.2) is 161 Å². The first kappa shape index (κ1) is 77.4. The third-order valence-electron chi connectivity index (χ3n) is 20.5. The predicted molar refractivity (Wildman–Crippen MR) is 423 cm³/mol. The Morgan fingerprint density at radius 1 is 0.540 bits per heavy atom. The molecule has 574 valence electrons. The lowest BCUT2D eigenvalue weighted by Crippen LogP contribution is -2.40. The number of piperidine rings is 3. The normalized spacial score (nSPS) is 15.5. The SMILES string of the molecule is C=CC(=O)N1CCCC(n2nc(-c3ccc(CN(C)C(=O)c4cc(F)ccc4F)cc3)c3c(N)ncnc32)C1.Cc1ccccc1C(=O)NCc1ccc(-c2nn(C3CCCN(C(=O)CC#N)C3)c3ncnc(N)c23)cc1.Cc1ccccc1C(=O)NCc1ccc(-c2nn(C3CCCN(CC#N)C3)c3ncnc(N)c23)cc1. The number of benzene rings is 6. The number of hydrogen-bond acceptors (Lipinski definition) is 20. The fourth-order valence-corrected chi connectivity index (χ4v) is 14.6. The molecule has 0 saturated carbocycles. The van der Waals surface area contributed by atoms with Crippen molar-refractivity contribution >= 4 is 80.1 Å². The number of anilines is 3. The maximum Gasteiger partial charge on any atom is 0.256 e. The Bertz CT molecular complexity index is 5640. The zero-order valence-electron chi connectivity index (χ0n) is 62.6. The molecule has 113 heavy (non-hydrogen) atoms. The number of amides is 5. The van der Waals surface area contributed by atoms with Crippen LogP contribution in [0.25, 0.3) is 66.9 Å². The van der Waals surface area contributed by atoms with Gasteiger partial charge in [0, 0.05) is 87.2 Å². The van der Waals surface area contributed by atoms with Crippen LogP contribution in [0.3, 0.4) is 0 Å². The molecule has 5 amide bonds. The molecular weight excluding hydrogens is 1440 g/mol. The number of fused-ring (bicyclic) bond motifs is 3. The van der Waals surface area contributed by atoms with Crippen LogP contribution in [0, 0.1) is 48.1 Å². The highest BCUT2D eigenvalue weighted by molar-refractivity contribution is 6.01. The number of nitriles is 2. The Morgan fingerprint density at radius 2 is 0.965 bits per heavy atom. The number of nitrogens with zero attached hydrogens (tertiary/aromatic N) is 18. The smallest absolute Gasteiger partial charge is 0.256 e. The molecule has 28 nitrogen and oxygen atoms in total. The van der Waals surface area contributed by atoms with E-state index in [1.54, 1.807) is 9.80 Å². The van der Waals surface area contributed by atoms with Gasteiger partial charge in [0.1, 0.15) is 71.6 Å². The first-order chi connectivity index (χ1) is 54.8. The minimum Gasteiger partial charge on any atom is -0.383 e. The average molecular weight is 1520 g/mol. The van der Waals surface area contributed by atoms with Gasteiger partial charge in [0.05, 0.1) is 58.5 Å². The summed E-state index contributed by atoms with van der Waals surface area (Å²) in [6, 6.07) is 45.0. The summed E-state index contributed by atoms with van der Waals surface area (Å²) in [5.41, 5.74) is 30.8. The molecule has 3 fully saturated rings. The third kappa shape index (κ3) is 17.3. The number of nitrogens with one attached hydrogen (secondary N) is 2. The van der Waals surface area contributed by atoms with Gasteiger partial charge in [-0.1, -0.05) is 116 Å². The van der Waals surface area contributed by atoms with Gasteiger partial charge < -0.3 is 42.5 Å². The molecule has 0 bridgehead atoms. The predicted octanol–water partition coefficient (Wildman–Crippen LogP) is 10.8. The van der Waals surface area contributed by atoms with E-state index in [9.17, 15) is 32.8 Å². The second-order valence-corrected chi connectivity index (χ2v) is 28.1. The van der Waals surface area contributed by atoms with E-state index in [0.29, 0.717) is 113 Å². The van der Waals surface area contributed by atoms with Crippen LogP contribution >= 0.6 is 0 Å². The van der Waals surface area contributed by atoms with Crippen molar-refractivity contribution in [3.63, 3.8) is 0 Å². The first-order valence-electron chi connectivity index (χ1n) is 37.0. The maximum atomic E-state index is 14.1. The third-order valence-corrected chi connectivity index (χ3v) is 20.5. The van der Waals surface area contributed by atoms with E-state index in [1.807, 2.05) is 155 Å². The van der Waals surface area contributed by atoms with Crippen molar-refractivity contribution in [2.24, 2.45) is 0 Å². The first-order valence-corrected chi connectivity index (χ1v) is 37.0. The average Bonchev–Trinajstić information content (AvgIpc) is 1.62. The molecule has 9 heterocycles. The van der Waals surface area contributed by atoms with E-state index in [0.717, 1.165) is 125 Å². The van der Waals surface area contributed by atoms with Gasteiger partial charge in [-0.2, -0.15) is 25.8 Å². The number of aryl methyl sites for hydroxylation is 2. The number of halogens is 2. The van der Waals surface area contributed by atoms with Crippen molar-refractivity contribution in [1.82, 2.24) is 89.5 Å². The van der Waals surface area contributed by atoms with Gasteiger partial charge in [-0.3, -0.25) is 28.9 Å². The van der Waals surface area contributed by atoms with Crippen molar-refractivity contribution in [3.8, 4) is 45.9 Å². The van der Waals surface area contributed by atoms with Gasteiger partial charge in [-0.05, 0) is 123 Å². The minimum atomic E-state index is -0.777. The van der Waals surface area contributed by atoms with E-state index >= 15 is 0 Å². The van der Waals surface area contributed by atoms with Gasteiger partial charge in [-0.25, -0.2) is 52.7 Å². The molecule has 3 aliphatic rings. The molecule has 3 unspecified atom stereocenters. The Morgan fingerprint density at radius 3 is 1.41 bits per heavy atom. The minimum absolute atomic E-state index is 0.0876. The Hall–Kier alpha value is -13.7. The van der Waals surface area contributed by atoms with Crippen LogP contribution < -0.4 is 27.8 Å². The molecule has 30 heteroatoms. The van der Waals surface area contributed by atoms with Crippen molar-refractivity contribution in [2.75, 3.05) is 70.1 Å². The number of nitrogens with two attached hydrogens (primary N) is 3. The second-order valence-electron chi connectivity index (χ2n) is 28.1. The van der Waals surface area contributed by atoms with E-state index in [4.69, 9.17) is 43.0 Å². The highest BCUT2D eigenvalue weighted by Crippen LogP contribution is 2.38. The van der Waals surface area contributed by atoms with Gasteiger partial charge >= 0.3 is 0 Å². The quantitative estimate of drug-likeness (QED) is 0.0393. The molecule has 3 atom stereocenters. The number of likely N-dealkylation sites (tertiary alicyclic amines) is 3. The number of carbonyl (C=O) groups is 5. The van der Waals surface area contributed by atoms with Crippen molar-refractivity contribution in [2.45, 2.75) is 96.6 Å². The number of hydrogen-bond donors (Lipinski definition) is 5. The summed E-state index contributed by atoms with van der Waals surface area (Å²) in [6.07, 6.45) is 10.7. The molecule has 0 spiro atoms. The zero-order valence-corrected chi connectivity index (χ0v) is 62.6. The van der Waals surface area contributed by atoms with Crippen molar-refractivity contribution in [3.05, 3.63) is 227 Å². The zero-order chi connectivity index (χ0) is 79.4. The van der Waals surface area contributed by atoms with Gasteiger partial charge in [0.25, 0.3) is 17.7 Å². The van der Waals surface area contributed by atoms with Crippen molar-refractivity contribution < 1.29 is 32.8 Å². The van der Waals surface area contributed by atoms with E-state index in [1.165, 1.54) is 37.0 Å². The topological polar surface area (TPSA) is 379 Å². The second kappa shape index (κ2) is 34.9. The molecule has 6 aromatic heterocycles. The lowest BCUT2D eigenvalue weighted by atomic mass is 10.1. The van der Waals surface area contributed by atoms with E-state index in [-0.39, 0.29) is 60.3 Å². The maximum absolute atomic E-state index is 14.1.